The Hall–Kier alpha value is -2.18. The third kappa shape index (κ3) is 3.28. The summed E-state index contributed by atoms with van der Waals surface area (Å²) in [5, 5.41) is 4.04. The molecule has 1 aliphatic rings. The third-order valence-corrected chi connectivity index (χ3v) is 4.02. The van der Waals surface area contributed by atoms with Gasteiger partial charge in [-0.15, -0.1) is 13.2 Å². The summed E-state index contributed by atoms with van der Waals surface area (Å²) in [7, 11) is 1.73. The Balaban J connectivity index is 2.13. The molecule has 0 aliphatic carbocycles. The molecule has 0 saturated carbocycles. The van der Waals surface area contributed by atoms with Gasteiger partial charge in [-0.25, -0.2) is 0 Å². The van der Waals surface area contributed by atoms with Crippen LogP contribution in [0.15, 0.2) is 24.5 Å². The summed E-state index contributed by atoms with van der Waals surface area (Å²) in [5.41, 5.74) is 2.91. The molecule has 0 saturated heterocycles. The molecule has 7 heteroatoms. The Kier molecular flexibility index (Phi) is 3.95. The van der Waals surface area contributed by atoms with Crippen LogP contribution in [0.4, 0.5) is 18.9 Å². The van der Waals surface area contributed by atoms with Crippen LogP contribution in [-0.2, 0) is 13.5 Å². The van der Waals surface area contributed by atoms with Gasteiger partial charge in [0.2, 0.25) is 0 Å². The number of alkyl halides is 3. The second-order valence-electron chi connectivity index (χ2n) is 5.61. The number of anilines is 1. The van der Waals surface area contributed by atoms with Gasteiger partial charge in [-0.1, -0.05) is 0 Å². The molecule has 0 amide bonds. The highest BCUT2D eigenvalue weighted by Gasteiger charge is 2.33. The maximum absolute atomic E-state index is 12.8. The van der Waals surface area contributed by atoms with Crippen LogP contribution in [0.5, 0.6) is 5.75 Å². The van der Waals surface area contributed by atoms with E-state index in [1.807, 2.05) is 6.92 Å². The summed E-state index contributed by atoms with van der Waals surface area (Å²) in [6, 6.07) is 3.31. The molecule has 0 atom stereocenters. The van der Waals surface area contributed by atoms with E-state index in [4.69, 9.17) is 0 Å². The molecule has 0 unspecified atom stereocenters. The number of benzene rings is 1. The number of aromatic nitrogens is 2. The molecule has 23 heavy (non-hydrogen) atoms. The molecular weight excluding hydrogens is 307 g/mol. The molecule has 3 rings (SSSR count). The summed E-state index contributed by atoms with van der Waals surface area (Å²) in [6.07, 6.45) is 0.353. The van der Waals surface area contributed by atoms with Crippen molar-refractivity contribution in [3.05, 3.63) is 30.1 Å². The Morgan fingerprint density at radius 3 is 2.70 bits per heavy atom. The normalized spacial score (nSPS) is 14.7. The van der Waals surface area contributed by atoms with E-state index in [1.165, 1.54) is 6.07 Å². The maximum atomic E-state index is 12.8. The average molecular weight is 325 g/mol. The largest absolute Gasteiger partial charge is 0.573 e. The second kappa shape index (κ2) is 5.79. The fourth-order valence-corrected chi connectivity index (χ4v) is 3.01. The number of aryl methyl sites for hydroxylation is 2. The third-order valence-electron chi connectivity index (χ3n) is 4.02. The lowest BCUT2D eigenvalue weighted by Gasteiger charge is -2.31. The van der Waals surface area contributed by atoms with E-state index in [1.54, 1.807) is 30.2 Å². The number of halogens is 3. The topological polar surface area (TPSA) is 30.3 Å². The maximum Gasteiger partial charge on any atom is 0.573 e. The quantitative estimate of drug-likeness (QED) is 0.861. The summed E-state index contributed by atoms with van der Waals surface area (Å²) in [6.45, 7) is 3.60. The molecule has 2 heterocycles. The first kappa shape index (κ1) is 15.7. The van der Waals surface area contributed by atoms with E-state index in [2.05, 4.69) is 14.7 Å². The van der Waals surface area contributed by atoms with Crippen LogP contribution in [0.3, 0.4) is 0 Å². The summed E-state index contributed by atoms with van der Waals surface area (Å²) < 4.78 is 44.2. The van der Waals surface area contributed by atoms with Crippen molar-refractivity contribution in [1.29, 1.82) is 0 Å². The minimum absolute atomic E-state index is 0.176. The van der Waals surface area contributed by atoms with Crippen molar-refractivity contribution >= 4 is 5.69 Å². The smallest absolute Gasteiger partial charge is 0.405 e. The van der Waals surface area contributed by atoms with Crippen LogP contribution in [0.25, 0.3) is 11.1 Å². The van der Waals surface area contributed by atoms with Crippen molar-refractivity contribution in [3.8, 4) is 16.9 Å². The Morgan fingerprint density at radius 1 is 1.30 bits per heavy atom. The van der Waals surface area contributed by atoms with Crippen molar-refractivity contribution < 1.29 is 17.9 Å². The van der Waals surface area contributed by atoms with Gasteiger partial charge < -0.3 is 9.64 Å². The van der Waals surface area contributed by atoms with Crippen LogP contribution in [0, 0.1) is 0 Å². The SMILES string of the molecule is CCN1CCCc2cc(-c3cnn(C)c3)c(OC(F)(F)F)cc21. The first-order chi connectivity index (χ1) is 10.9. The molecule has 0 spiro atoms. The van der Waals surface area contributed by atoms with Crippen LogP contribution in [-0.4, -0.2) is 29.2 Å². The Bertz CT molecular complexity index is 709. The van der Waals surface area contributed by atoms with Gasteiger partial charge in [0, 0.05) is 49.2 Å². The number of ether oxygens (including phenoxy) is 1. The standard InChI is InChI=1S/C16H18F3N3O/c1-3-22-6-4-5-11-7-13(12-9-20-21(2)10-12)15(8-14(11)22)23-16(17,18)19/h7-10H,3-6H2,1-2H3. The molecule has 1 aliphatic heterocycles. The fraction of sp³-hybridized carbons (Fsp3) is 0.438. The second-order valence-corrected chi connectivity index (χ2v) is 5.61. The van der Waals surface area contributed by atoms with E-state index in [9.17, 15) is 13.2 Å². The Labute approximate surface area is 132 Å². The van der Waals surface area contributed by atoms with Gasteiger partial charge in [0.15, 0.2) is 0 Å². The molecule has 4 nitrogen and oxygen atoms in total. The molecule has 0 fully saturated rings. The van der Waals surface area contributed by atoms with E-state index in [0.717, 1.165) is 37.2 Å². The van der Waals surface area contributed by atoms with E-state index >= 15 is 0 Å². The number of hydrogen-bond acceptors (Lipinski definition) is 3. The van der Waals surface area contributed by atoms with Crippen LogP contribution in [0.2, 0.25) is 0 Å². The molecule has 1 aromatic carbocycles. The monoisotopic (exact) mass is 325 g/mol. The van der Waals surface area contributed by atoms with Crippen LogP contribution >= 0.6 is 0 Å². The predicted octanol–water partition coefficient (Wildman–Crippen LogP) is 3.76. The number of fused-ring (bicyclic) bond motifs is 1. The lowest BCUT2D eigenvalue weighted by Crippen LogP contribution is -2.29. The van der Waals surface area contributed by atoms with Crippen molar-refractivity contribution in [2.75, 3.05) is 18.0 Å². The zero-order valence-corrected chi connectivity index (χ0v) is 13.0. The average Bonchev–Trinajstić information content (AvgIpc) is 2.90. The molecular formula is C16H18F3N3O. The molecule has 0 radical (unpaired) electrons. The minimum atomic E-state index is -4.73. The molecule has 0 N–H and O–H groups in total. The fourth-order valence-electron chi connectivity index (χ4n) is 3.01. The predicted molar refractivity (Wildman–Crippen MR) is 81.5 cm³/mol. The van der Waals surface area contributed by atoms with Gasteiger partial charge in [-0.2, -0.15) is 5.10 Å². The minimum Gasteiger partial charge on any atom is -0.405 e. The van der Waals surface area contributed by atoms with E-state index < -0.39 is 6.36 Å². The first-order valence-corrected chi connectivity index (χ1v) is 7.54. The highest BCUT2D eigenvalue weighted by molar-refractivity contribution is 5.76. The molecule has 2 aromatic rings. The van der Waals surface area contributed by atoms with Crippen molar-refractivity contribution in [3.63, 3.8) is 0 Å². The van der Waals surface area contributed by atoms with Crippen LogP contribution in [0.1, 0.15) is 18.9 Å². The van der Waals surface area contributed by atoms with Gasteiger partial charge in [0.05, 0.1) is 6.20 Å². The number of rotatable bonds is 3. The number of hydrogen-bond donors (Lipinski definition) is 0. The van der Waals surface area contributed by atoms with E-state index in [0.29, 0.717) is 11.1 Å². The zero-order chi connectivity index (χ0) is 16.6. The van der Waals surface area contributed by atoms with Crippen LogP contribution < -0.4 is 9.64 Å². The van der Waals surface area contributed by atoms with Gasteiger partial charge in [0.25, 0.3) is 0 Å². The van der Waals surface area contributed by atoms with Crippen molar-refractivity contribution in [2.45, 2.75) is 26.1 Å². The lowest BCUT2D eigenvalue weighted by molar-refractivity contribution is -0.274. The summed E-state index contributed by atoms with van der Waals surface area (Å²) >= 11 is 0. The van der Waals surface area contributed by atoms with Crippen molar-refractivity contribution in [2.24, 2.45) is 7.05 Å². The highest BCUT2D eigenvalue weighted by Crippen LogP contribution is 2.40. The summed E-state index contributed by atoms with van der Waals surface area (Å²) in [4.78, 5) is 2.08. The van der Waals surface area contributed by atoms with Gasteiger partial charge in [0.1, 0.15) is 5.75 Å². The molecule has 1 aromatic heterocycles. The Morgan fingerprint density at radius 2 is 2.09 bits per heavy atom. The number of nitrogens with zero attached hydrogens (tertiary/aromatic N) is 3. The highest BCUT2D eigenvalue weighted by atomic mass is 19.4. The first-order valence-electron chi connectivity index (χ1n) is 7.54. The van der Waals surface area contributed by atoms with Gasteiger partial charge in [-0.3, -0.25) is 4.68 Å². The van der Waals surface area contributed by atoms with Gasteiger partial charge in [-0.05, 0) is 31.4 Å². The van der Waals surface area contributed by atoms with Gasteiger partial charge >= 0.3 is 6.36 Å². The molecule has 0 bridgehead atoms. The summed E-state index contributed by atoms with van der Waals surface area (Å²) in [5.74, 6) is -0.176. The van der Waals surface area contributed by atoms with Crippen molar-refractivity contribution in [1.82, 2.24) is 9.78 Å². The van der Waals surface area contributed by atoms with E-state index in [-0.39, 0.29) is 5.75 Å². The molecule has 124 valence electrons. The lowest BCUT2D eigenvalue weighted by atomic mass is 9.96. The zero-order valence-electron chi connectivity index (χ0n) is 13.0.